The van der Waals surface area contributed by atoms with Crippen molar-refractivity contribution in [3.8, 4) is 0 Å². The first-order valence-electron chi connectivity index (χ1n) is 3.11. The Kier molecular flexibility index (Phi) is 2.05. The molecule has 0 bridgehead atoms. The Morgan fingerprint density at radius 1 is 1.70 bits per heavy atom. The average Bonchev–Trinajstić information content (AvgIpc) is 2.34. The fourth-order valence-corrected chi connectivity index (χ4v) is 0.655. The zero-order valence-electron chi connectivity index (χ0n) is 5.79. The number of aromatic amines is 1. The predicted molar refractivity (Wildman–Crippen MR) is 40.5 cm³/mol. The molecular formula is C8H9NO. The van der Waals surface area contributed by atoms with Crippen LogP contribution in [-0.2, 0) is 4.79 Å². The molecule has 0 aliphatic rings. The minimum absolute atomic E-state index is 0.0644. The molecule has 0 aromatic carbocycles. The first-order chi connectivity index (χ1) is 4.79. The molecule has 0 radical (unpaired) electrons. The van der Waals surface area contributed by atoms with E-state index >= 15 is 0 Å². The Labute approximate surface area is 59.6 Å². The van der Waals surface area contributed by atoms with Crippen molar-refractivity contribution in [2.75, 3.05) is 0 Å². The third kappa shape index (κ3) is 1.90. The summed E-state index contributed by atoms with van der Waals surface area (Å²) in [4.78, 5) is 13.4. The molecule has 1 heterocycles. The molecule has 1 aromatic rings. The summed E-state index contributed by atoms with van der Waals surface area (Å²) in [5, 5.41) is 0. The predicted octanol–water partition coefficient (Wildman–Crippen LogP) is 1.62. The fraction of sp³-hybridized carbons (Fsp3) is 0.125. The minimum Gasteiger partial charge on any atom is -0.362 e. The van der Waals surface area contributed by atoms with E-state index in [9.17, 15) is 4.79 Å². The van der Waals surface area contributed by atoms with Gasteiger partial charge in [0.25, 0.3) is 0 Å². The van der Waals surface area contributed by atoms with E-state index in [4.69, 9.17) is 0 Å². The maximum Gasteiger partial charge on any atom is 0.152 e. The van der Waals surface area contributed by atoms with Crippen LogP contribution in [0.2, 0.25) is 0 Å². The third-order valence-corrected chi connectivity index (χ3v) is 1.12. The van der Waals surface area contributed by atoms with Crippen molar-refractivity contribution in [1.82, 2.24) is 4.98 Å². The van der Waals surface area contributed by atoms with Crippen LogP contribution in [0.5, 0.6) is 0 Å². The van der Waals surface area contributed by atoms with E-state index in [0.717, 1.165) is 5.69 Å². The van der Waals surface area contributed by atoms with Gasteiger partial charge in [0.2, 0.25) is 0 Å². The van der Waals surface area contributed by atoms with Crippen LogP contribution in [0.4, 0.5) is 0 Å². The van der Waals surface area contributed by atoms with E-state index < -0.39 is 0 Å². The van der Waals surface area contributed by atoms with Gasteiger partial charge in [-0.2, -0.15) is 0 Å². The SMILES string of the molecule is CC(=O)/C=C/c1ccc[nH]1. The third-order valence-electron chi connectivity index (χ3n) is 1.12. The lowest BCUT2D eigenvalue weighted by Gasteiger charge is -1.81. The lowest BCUT2D eigenvalue weighted by molar-refractivity contribution is -0.112. The Morgan fingerprint density at radius 3 is 3.00 bits per heavy atom. The van der Waals surface area contributed by atoms with Gasteiger partial charge in [-0.25, -0.2) is 0 Å². The van der Waals surface area contributed by atoms with E-state index in [-0.39, 0.29) is 5.78 Å². The molecule has 1 rings (SSSR count). The first kappa shape index (κ1) is 6.81. The van der Waals surface area contributed by atoms with Gasteiger partial charge in [0.05, 0.1) is 0 Å². The molecular weight excluding hydrogens is 126 g/mol. The zero-order valence-corrected chi connectivity index (χ0v) is 5.79. The number of ketones is 1. The van der Waals surface area contributed by atoms with E-state index in [1.165, 1.54) is 13.0 Å². The second-order valence-electron chi connectivity index (χ2n) is 2.07. The van der Waals surface area contributed by atoms with Gasteiger partial charge in [-0.15, -0.1) is 0 Å². The molecule has 0 amide bonds. The van der Waals surface area contributed by atoms with Crippen molar-refractivity contribution in [3.63, 3.8) is 0 Å². The molecule has 0 aliphatic heterocycles. The standard InChI is InChI=1S/C8H9NO/c1-7(10)4-5-8-3-2-6-9-8/h2-6,9H,1H3/b5-4+. The van der Waals surface area contributed by atoms with E-state index in [1.54, 1.807) is 6.08 Å². The molecule has 0 unspecified atom stereocenters. The molecule has 0 saturated heterocycles. The summed E-state index contributed by atoms with van der Waals surface area (Å²) in [5.74, 6) is 0.0644. The van der Waals surface area contributed by atoms with Gasteiger partial charge in [0.1, 0.15) is 0 Å². The zero-order chi connectivity index (χ0) is 7.40. The number of rotatable bonds is 2. The summed E-state index contributed by atoms with van der Waals surface area (Å²) in [6, 6.07) is 3.79. The molecule has 10 heavy (non-hydrogen) atoms. The summed E-state index contributed by atoms with van der Waals surface area (Å²) >= 11 is 0. The summed E-state index contributed by atoms with van der Waals surface area (Å²) in [6.45, 7) is 1.53. The maximum atomic E-state index is 10.4. The maximum absolute atomic E-state index is 10.4. The first-order valence-corrected chi connectivity index (χ1v) is 3.11. The fourth-order valence-electron chi connectivity index (χ4n) is 0.655. The molecule has 0 aliphatic carbocycles. The Balaban J connectivity index is 2.64. The second kappa shape index (κ2) is 3.01. The van der Waals surface area contributed by atoms with Gasteiger partial charge in [-0.1, -0.05) is 0 Å². The largest absolute Gasteiger partial charge is 0.362 e. The van der Waals surface area contributed by atoms with Crippen molar-refractivity contribution in [1.29, 1.82) is 0 Å². The van der Waals surface area contributed by atoms with Crippen LogP contribution in [0.15, 0.2) is 24.4 Å². The van der Waals surface area contributed by atoms with Crippen LogP contribution in [0.3, 0.4) is 0 Å². The Morgan fingerprint density at radius 2 is 2.50 bits per heavy atom. The van der Waals surface area contributed by atoms with Crippen LogP contribution in [0.25, 0.3) is 6.08 Å². The van der Waals surface area contributed by atoms with Crippen LogP contribution >= 0.6 is 0 Å². The second-order valence-corrected chi connectivity index (χ2v) is 2.07. The normalized spacial score (nSPS) is 10.5. The molecule has 0 saturated carbocycles. The van der Waals surface area contributed by atoms with Crippen molar-refractivity contribution < 1.29 is 4.79 Å². The van der Waals surface area contributed by atoms with Crippen LogP contribution in [-0.4, -0.2) is 10.8 Å². The summed E-state index contributed by atoms with van der Waals surface area (Å²) in [6.07, 6.45) is 5.11. The van der Waals surface area contributed by atoms with E-state index in [0.29, 0.717) is 0 Å². The average molecular weight is 135 g/mol. The smallest absolute Gasteiger partial charge is 0.152 e. The van der Waals surface area contributed by atoms with Crippen LogP contribution in [0.1, 0.15) is 12.6 Å². The molecule has 2 nitrogen and oxygen atoms in total. The van der Waals surface area contributed by atoms with Gasteiger partial charge >= 0.3 is 0 Å². The summed E-state index contributed by atoms with van der Waals surface area (Å²) in [7, 11) is 0. The van der Waals surface area contributed by atoms with E-state index in [1.807, 2.05) is 18.3 Å². The highest BCUT2D eigenvalue weighted by molar-refractivity contribution is 5.91. The number of carbonyl (C=O) groups excluding carboxylic acids is 1. The molecule has 0 atom stereocenters. The van der Waals surface area contributed by atoms with Gasteiger partial charge in [0.15, 0.2) is 5.78 Å². The number of allylic oxidation sites excluding steroid dienone is 1. The number of hydrogen-bond acceptors (Lipinski definition) is 1. The van der Waals surface area contributed by atoms with Crippen molar-refractivity contribution >= 4 is 11.9 Å². The molecule has 2 heteroatoms. The molecule has 52 valence electrons. The minimum atomic E-state index is 0.0644. The van der Waals surface area contributed by atoms with Crippen molar-refractivity contribution in [2.45, 2.75) is 6.92 Å². The quantitative estimate of drug-likeness (QED) is 0.614. The number of H-pyrrole nitrogens is 1. The summed E-state index contributed by atoms with van der Waals surface area (Å²) < 4.78 is 0. The highest BCUT2D eigenvalue weighted by Gasteiger charge is 1.84. The van der Waals surface area contributed by atoms with Gasteiger partial charge in [-0.3, -0.25) is 4.79 Å². The molecule has 1 N–H and O–H groups in total. The highest BCUT2D eigenvalue weighted by atomic mass is 16.1. The topological polar surface area (TPSA) is 32.9 Å². The lowest BCUT2D eigenvalue weighted by Crippen LogP contribution is -1.79. The van der Waals surface area contributed by atoms with Crippen LogP contribution < -0.4 is 0 Å². The monoisotopic (exact) mass is 135 g/mol. The number of hydrogen-bond donors (Lipinski definition) is 1. The highest BCUT2D eigenvalue weighted by Crippen LogP contribution is 1.96. The number of aromatic nitrogens is 1. The molecule has 0 spiro atoms. The van der Waals surface area contributed by atoms with Crippen LogP contribution in [0, 0.1) is 0 Å². The Hall–Kier alpha value is -1.31. The van der Waals surface area contributed by atoms with Crippen molar-refractivity contribution in [2.24, 2.45) is 0 Å². The van der Waals surface area contributed by atoms with Crippen molar-refractivity contribution in [3.05, 3.63) is 30.1 Å². The molecule has 0 fully saturated rings. The Bertz CT molecular complexity index is 234. The lowest BCUT2D eigenvalue weighted by atomic mass is 10.3. The number of nitrogens with one attached hydrogen (secondary N) is 1. The van der Waals surface area contributed by atoms with Gasteiger partial charge < -0.3 is 4.98 Å². The number of carbonyl (C=O) groups is 1. The van der Waals surface area contributed by atoms with Gasteiger partial charge in [-0.05, 0) is 31.2 Å². The summed E-state index contributed by atoms with van der Waals surface area (Å²) in [5.41, 5.74) is 0.954. The molecule has 1 aromatic heterocycles. The van der Waals surface area contributed by atoms with E-state index in [2.05, 4.69) is 4.98 Å². The van der Waals surface area contributed by atoms with Gasteiger partial charge in [0, 0.05) is 11.9 Å².